The number of hydrogen-bond acceptors (Lipinski definition) is 3. The highest BCUT2D eigenvalue weighted by atomic mass is 35.5. The van der Waals surface area contributed by atoms with Gasteiger partial charge >= 0.3 is 0 Å². The van der Waals surface area contributed by atoms with Gasteiger partial charge in [0.15, 0.2) is 0 Å². The van der Waals surface area contributed by atoms with Crippen LogP contribution in [0.5, 0.6) is 0 Å². The number of ether oxygens (including phenoxy) is 1. The Bertz CT molecular complexity index is 657. The number of amides is 1. The van der Waals surface area contributed by atoms with E-state index in [0.29, 0.717) is 36.5 Å². The van der Waals surface area contributed by atoms with Crippen molar-refractivity contribution in [3.8, 4) is 0 Å². The van der Waals surface area contributed by atoms with E-state index in [-0.39, 0.29) is 12.4 Å². The summed E-state index contributed by atoms with van der Waals surface area (Å²) in [4.78, 5) is 15.1. The number of carbonyl (C=O) groups is 1. The number of hydrogen-bond donors (Lipinski definition) is 1. The summed E-state index contributed by atoms with van der Waals surface area (Å²) in [6, 6.07) is 3.17. The number of nitrogens with zero attached hydrogens (tertiary/aromatic N) is 2. The number of fused-ring (bicyclic) bond motifs is 1. The van der Waals surface area contributed by atoms with Crippen molar-refractivity contribution < 1.29 is 13.9 Å². The highest BCUT2D eigenvalue weighted by Crippen LogP contribution is 2.21. The summed E-state index contributed by atoms with van der Waals surface area (Å²) in [7, 11) is 0. The minimum Gasteiger partial charge on any atom is -0.370 e. The van der Waals surface area contributed by atoms with Crippen LogP contribution in [0.2, 0.25) is 0 Å². The molecular formula is C14H17ClFN3O2. The van der Waals surface area contributed by atoms with E-state index in [2.05, 4.69) is 4.98 Å². The van der Waals surface area contributed by atoms with Crippen molar-refractivity contribution >= 4 is 28.5 Å². The molecule has 0 radical (unpaired) electrons. The number of nitrogens with two attached hydrogens (primary N) is 1. The van der Waals surface area contributed by atoms with E-state index in [1.807, 2.05) is 4.57 Å². The molecule has 0 aliphatic carbocycles. The van der Waals surface area contributed by atoms with E-state index in [9.17, 15) is 9.18 Å². The van der Waals surface area contributed by atoms with Crippen LogP contribution in [-0.4, -0.2) is 34.6 Å². The van der Waals surface area contributed by atoms with Crippen molar-refractivity contribution in [1.82, 2.24) is 9.55 Å². The summed E-state index contributed by atoms with van der Waals surface area (Å²) < 4.78 is 20.7. The maximum Gasteiger partial charge on any atom is 0.243 e. The number of rotatable bonds is 7. The van der Waals surface area contributed by atoms with Gasteiger partial charge in [-0.2, -0.15) is 0 Å². The van der Waals surface area contributed by atoms with Crippen LogP contribution >= 0.6 is 11.6 Å². The molecule has 114 valence electrons. The molecule has 0 saturated heterocycles. The molecular weight excluding hydrogens is 297 g/mol. The molecule has 1 aromatic heterocycles. The third kappa shape index (κ3) is 3.71. The molecule has 0 fully saturated rings. The first-order valence-corrected chi connectivity index (χ1v) is 7.13. The van der Waals surface area contributed by atoms with Crippen molar-refractivity contribution in [1.29, 1.82) is 0 Å². The number of primary amides is 1. The summed E-state index contributed by atoms with van der Waals surface area (Å²) in [5.74, 6) is 0.402. The predicted octanol–water partition coefficient (Wildman–Crippen LogP) is 1.77. The zero-order chi connectivity index (χ0) is 15.4. The molecule has 0 unspecified atom stereocenters. The number of aryl methyl sites for hydroxylation is 2. The fourth-order valence-corrected chi connectivity index (χ4v) is 2.32. The van der Waals surface area contributed by atoms with Crippen LogP contribution in [0, 0.1) is 12.7 Å². The molecule has 2 aromatic rings. The maximum atomic E-state index is 13.6. The summed E-state index contributed by atoms with van der Waals surface area (Å²) in [6.45, 7) is 2.41. The van der Waals surface area contributed by atoms with E-state index >= 15 is 0 Å². The van der Waals surface area contributed by atoms with Gasteiger partial charge in [-0.1, -0.05) is 0 Å². The molecule has 0 bridgehead atoms. The molecule has 1 heterocycles. The quantitative estimate of drug-likeness (QED) is 0.625. The molecule has 5 nitrogen and oxygen atoms in total. The fourth-order valence-electron chi connectivity index (χ4n) is 2.15. The number of carbonyl (C=O) groups excluding carboxylic acids is 1. The second-order valence-corrected chi connectivity index (χ2v) is 5.11. The van der Waals surface area contributed by atoms with Gasteiger partial charge in [-0.05, 0) is 18.6 Å². The van der Waals surface area contributed by atoms with Crippen LogP contribution in [0.15, 0.2) is 12.1 Å². The standard InChI is InChI=1S/C14H17ClFN3O2/c1-9-6-12-11(7-10(9)16)18-14(2-3-15)19(12)4-5-21-8-13(17)20/h6-7H,2-5,8H2,1H3,(H2,17,20). The van der Waals surface area contributed by atoms with Gasteiger partial charge in [0.1, 0.15) is 18.2 Å². The van der Waals surface area contributed by atoms with Crippen LogP contribution in [0.4, 0.5) is 4.39 Å². The zero-order valence-corrected chi connectivity index (χ0v) is 12.5. The summed E-state index contributed by atoms with van der Waals surface area (Å²) >= 11 is 5.78. The van der Waals surface area contributed by atoms with Gasteiger partial charge in [-0.15, -0.1) is 11.6 Å². The lowest BCUT2D eigenvalue weighted by Crippen LogP contribution is -2.20. The van der Waals surface area contributed by atoms with Crippen molar-refractivity contribution in [3.05, 3.63) is 29.3 Å². The van der Waals surface area contributed by atoms with Crippen molar-refractivity contribution in [2.24, 2.45) is 5.73 Å². The Hall–Kier alpha value is -1.66. The van der Waals surface area contributed by atoms with Gasteiger partial charge < -0.3 is 15.0 Å². The predicted molar refractivity (Wildman–Crippen MR) is 78.9 cm³/mol. The topological polar surface area (TPSA) is 70.1 Å². The van der Waals surface area contributed by atoms with E-state index in [1.165, 1.54) is 6.07 Å². The molecule has 0 aliphatic rings. The summed E-state index contributed by atoms with van der Waals surface area (Å²) in [5, 5.41) is 0. The number of halogens is 2. The largest absolute Gasteiger partial charge is 0.370 e. The molecule has 0 aliphatic heterocycles. The third-order valence-corrected chi connectivity index (χ3v) is 3.32. The zero-order valence-electron chi connectivity index (χ0n) is 11.7. The van der Waals surface area contributed by atoms with Crippen LogP contribution in [0.3, 0.4) is 0 Å². The molecule has 7 heteroatoms. The Morgan fingerprint density at radius 2 is 2.29 bits per heavy atom. The van der Waals surface area contributed by atoms with Gasteiger partial charge in [0.05, 0.1) is 17.6 Å². The van der Waals surface area contributed by atoms with Gasteiger partial charge in [0, 0.05) is 24.9 Å². The average Bonchev–Trinajstić information content (AvgIpc) is 2.73. The van der Waals surface area contributed by atoms with Gasteiger partial charge in [-0.25, -0.2) is 9.37 Å². The molecule has 0 atom stereocenters. The van der Waals surface area contributed by atoms with Gasteiger partial charge in [0.2, 0.25) is 5.91 Å². The minimum atomic E-state index is -0.510. The number of imidazole rings is 1. The van der Waals surface area contributed by atoms with Crippen LogP contribution < -0.4 is 5.73 Å². The Morgan fingerprint density at radius 1 is 1.52 bits per heavy atom. The molecule has 1 aromatic carbocycles. The molecule has 1 amide bonds. The van der Waals surface area contributed by atoms with Crippen LogP contribution in [-0.2, 0) is 22.5 Å². The van der Waals surface area contributed by atoms with Crippen molar-refractivity contribution in [2.45, 2.75) is 19.9 Å². The molecule has 2 N–H and O–H groups in total. The van der Waals surface area contributed by atoms with E-state index < -0.39 is 5.91 Å². The van der Waals surface area contributed by atoms with Crippen LogP contribution in [0.1, 0.15) is 11.4 Å². The monoisotopic (exact) mass is 313 g/mol. The number of aromatic nitrogens is 2. The first-order chi connectivity index (χ1) is 10.0. The van der Waals surface area contributed by atoms with E-state index in [4.69, 9.17) is 22.1 Å². The highest BCUT2D eigenvalue weighted by molar-refractivity contribution is 6.17. The third-order valence-electron chi connectivity index (χ3n) is 3.13. The minimum absolute atomic E-state index is 0.120. The maximum absolute atomic E-state index is 13.6. The first-order valence-electron chi connectivity index (χ1n) is 6.60. The van der Waals surface area contributed by atoms with E-state index in [1.54, 1.807) is 13.0 Å². The van der Waals surface area contributed by atoms with Gasteiger partial charge in [0.25, 0.3) is 0 Å². The lowest BCUT2D eigenvalue weighted by molar-refractivity contribution is -0.122. The molecule has 0 spiro atoms. The lowest BCUT2D eigenvalue weighted by Gasteiger charge is -2.09. The Kier molecular flexibility index (Phi) is 5.14. The molecule has 21 heavy (non-hydrogen) atoms. The second kappa shape index (κ2) is 6.87. The fraction of sp³-hybridized carbons (Fsp3) is 0.429. The number of alkyl halides is 1. The smallest absolute Gasteiger partial charge is 0.243 e. The number of benzene rings is 1. The summed E-state index contributed by atoms with van der Waals surface area (Å²) in [5.41, 5.74) is 6.99. The normalized spacial score (nSPS) is 11.2. The Balaban J connectivity index is 2.27. The first kappa shape index (κ1) is 15.7. The second-order valence-electron chi connectivity index (χ2n) is 4.73. The van der Waals surface area contributed by atoms with Crippen molar-refractivity contribution in [3.63, 3.8) is 0 Å². The van der Waals surface area contributed by atoms with E-state index in [0.717, 1.165) is 11.3 Å². The average molecular weight is 314 g/mol. The molecule has 0 saturated carbocycles. The molecule has 2 rings (SSSR count). The van der Waals surface area contributed by atoms with Crippen molar-refractivity contribution in [2.75, 3.05) is 19.1 Å². The highest BCUT2D eigenvalue weighted by Gasteiger charge is 2.12. The Morgan fingerprint density at radius 3 is 2.95 bits per heavy atom. The lowest BCUT2D eigenvalue weighted by atomic mass is 10.2. The van der Waals surface area contributed by atoms with Gasteiger partial charge in [-0.3, -0.25) is 4.79 Å². The SMILES string of the molecule is Cc1cc2c(cc1F)nc(CCCl)n2CCOCC(N)=O. The Labute approximate surface area is 126 Å². The van der Waals surface area contributed by atoms with Crippen LogP contribution in [0.25, 0.3) is 11.0 Å². The summed E-state index contributed by atoms with van der Waals surface area (Å²) in [6.07, 6.45) is 0.576.